The van der Waals surface area contributed by atoms with Crippen molar-refractivity contribution < 1.29 is 13.7 Å². The number of fused-ring (bicyclic) bond motifs is 6. The van der Waals surface area contributed by atoms with E-state index in [1.165, 1.54) is 44.8 Å². The van der Waals surface area contributed by atoms with Gasteiger partial charge < -0.3 is 0 Å². The van der Waals surface area contributed by atoms with Crippen molar-refractivity contribution in [1.29, 1.82) is 0 Å². The molecule has 0 saturated heterocycles. The molecule has 0 unspecified atom stereocenters. The molecule has 6 nitrogen and oxygen atoms in total. The van der Waals surface area contributed by atoms with Crippen molar-refractivity contribution in [2.75, 3.05) is 0 Å². The van der Waals surface area contributed by atoms with Crippen LogP contribution >= 0.6 is 0 Å². The zero-order valence-corrected chi connectivity index (χ0v) is 28.4. The van der Waals surface area contributed by atoms with Crippen LogP contribution in [-0.2, 0) is 25.9 Å². The Hall–Kier alpha value is -4.71. The molecule has 0 aliphatic rings. The molecule has 4 heterocycles. The minimum Gasteiger partial charge on any atom is -0.287 e. The molecule has 230 valence electrons. The summed E-state index contributed by atoms with van der Waals surface area (Å²) in [5.74, 6) is 1.26. The summed E-state index contributed by atoms with van der Waals surface area (Å²) in [5, 5.41) is 0. The van der Waals surface area contributed by atoms with E-state index in [-0.39, 0.29) is 5.41 Å². The zero-order valence-electron chi connectivity index (χ0n) is 28.4. The van der Waals surface area contributed by atoms with Gasteiger partial charge in [-0.1, -0.05) is 70.2 Å². The van der Waals surface area contributed by atoms with E-state index in [0.29, 0.717) is 0 Å². The predicted octanol–water partition coefficient (Wildman–Crippen LogP) is 8.10. The maximum atomic E-state index is 6.13. The number of aromatic nitrogens is 5. The summed E-state index contributed by atoms with van der Waals surface area (Å²) in [6, 6.07) is 19.4. The van der Waals surface area contributed by atoms with Crippen LogP contribution in [0.15, 0.2) is 84.0 Å². The summed E-state index contributed by atoms with van der Waals surface area (Å²) < 4.78 is 14.7. The lowest BCUT2D eigenvalue weighted by molar-refractivity contribution is -0.693. The van der Waals surface area contributed by atoms with Crippen LogP contribution in [0, 0.1) is 27.7 Å². The van der Waals surface area contributed by atoms with Gasteiger partial charge in [0.05, 0.1) is 30.9 Å². The number of rotatable bonds is 3. The Bertz CT molecular complexity index is 2160. The zero-order chi connectivity index (χ0) is 32.2. The second kappa shape index (κ2) is 11.3. The van der Waals surface area contributed by atoms with Crippen molar-refractivity contribution in [1.82, 2.24) is 14.0 Å². The van der Waals surface area contributed by atoms with Crippen LogP contribution in [0.4, 0.5) is 0 Å². The fourth-order valence-electron chi connectivity index (χ4n) is 6.72. The third kappa shape index (κ3) is 5.22. The highest BCUT2D eigenvalue weighted by molar-refractivity contribution is 5.87. The van der Waals surface area contributed by atoms with Crippen molar-refractivity contribution in [3.8, 4) is 22.6 Å². The van der Waals surface area contributed by atoms with Gasteiger partial charge in [0.1, 0.15) is 17.9 Å². The summed E-state index contributed by atoms with van der Waals surface area (Å²) in [7, 11) is 4.17. The van der Waals surface area contributed by atoms with Crippen LogP contribution in [0.3, 0.4) is 0 Å². The number of aryl methyl sites for hydroxylation is 7. The Morgan fingerprint density at radius 3 is 2.27 bits per heavy atom. The molecular weight excluding hydrogens is 554 g/mol. The van der Waals surface area contributed by atoms with E-state index in [1.54, 1.807) is 0 Å². The van der Waals surface area contributed by atoms with Crippen LogP contribution in [0.25, 0.3) is 44.8 Å². The Morgan fingerprint density at radius 1 is 0.911 bits per heavy atom. The van der Waals surface area contributed by atoms with Gasteiger partial charge in [-0.15, -0.1) is 0 Å². The van der Waals surface area contributed by atoms with Gasteiger partial charge in [-0.25, -0.2) is 18.6 Å². The second-order valence-electron chi connectivity index (χ2n) is 13.4. The monoisotopic (exact) mass is 599 g/mol. The summed E-state index contributed by atoms with van der Waals surface area (Å²) in [6.45, 7) is 17.5. The first-order valence-electron chi connectivity index (χ1n) is 15.8. The largest absolute Gasteiger partial charge is 0.308 e. The predicted molar refractivity (Wildman–Crippen MR) is 183 cm³/mol. The molecule has 0 fully saturated rings. The highest BCUT2D eigenvalue weighted by Gasteiger charge is 2.32. The molecule has 0 N–H and O–H groups in total. The van der Waals surface area contributed by atoms with Crippen LogP contribution in [0.5, 0.6) is 0 Å². The SMILES string of the molecule is CCc1ccccc1-c1n(C)cc[n+]1C.Cc1cc(C)c2c(c1)[n+]1occ(C(C)(C)C)c1c1nc(-c3c(C)cccc3C)cn12. The van der Waals surface area contributed by atoms with Crippen molar-refractivity contribution in [2.24, 2.45) is 14.1 Å². The van der Waals surface area contributed by atoms with E-state index in [2.05, 4.69) is 156 Å². The first-order chi connectivity index (χ1) is 21.4. The molecular formula is C39H45N5O+2. The Morgan fingerprint density at radius 2 is 1.62 bits per heavy atom. The minimum absolute atomic E-state index is 0.0595. The van der Waals surface area contributed by atoms with Crippen LogP contribution in [-0.4, -0.2) is 14.0 Å². The van der Waals surface area contributed by atoms with Crippen LogP contribution in [0.2, 0.25) is 0 Å². The highest BCUT2D eigenvalue weighted by atomic mass is 16.5. The van der Waals surface area contributed by atoms with Gasteiger partial charge in [-0.3, -0.25) is 4.40 Å². The molecule has 0 saturated carbocycles. The van der Waals surface area contributed by atoms with Gasteiger partial charge in [-0.2, -0.15) is 0 Å². The standard InChI is InChI=1S/C26H28N3O.C13H17N2/c1-15-11-18(4)23-21(12-15)29-24(19(14-30-29)26(5,6)7)25-27-20(13-28(23)25)22-16(2)9-8-10-17(22)3;1-4-11-7-5-6-8-12(11)13-14(2)9-10-15(13)3/h8-14H,1-7H3;5-10H,4H2,1-3H3/q2*+1. The summed E-state index contributed by atoms with van der Waals surface area (Å²) in [6.07, 6.45) is 9.32. The average Bonchev–Trinajstić information content (AvgIpc) is 3.70. The van der Waals surface area contributed by atoms with E-state index in [0.717, 1.165) is 39.9 Å². The smallest absolute Gasteiger partial charge is 0.287 e. The summed E-state index contributed by atoms with van der Waals surface area (Å²) in [4.78, 5) is 5.17. The first-order valence-corrected chi connectivity index (χ1v) is 15.8. The molecule has 3 aromatic carbocycles. The average molecular weight is 600 g/mol. The van der Waals surface area contributed by atoms with Crippen molar-refractivity contribution >= 4 is 22.2 Å². The van der Waals surface area contributed by atoms with Crippen LogP contribution < -0.4 is 9.14 Å². The van der Waals surface area contributed by atoms with E-state index in [4.69, 9.17) is 9.51 Å². The van der Waals surface area contributed by atoms with Crippen LogP contribution in [0.1, 0.15) is 61.1 Å². The number of hydrogen-bond donors (Lipinski definition) is 0. The fraction of sp³-hybridized carbons (Fsp3) is 0.308. The van der Waals surface area contributed by atoms with Gasteiger partial charge >= 0.3 is 5.52 Å². The Labute approximate surface area is 266 Å². The van der Waals surface area contributed by atoms with Gasteiger partial charge in [0.25, 0.3) is 11.3 Å². The lowest BCUT2D eigenvalue weighted by atomic mass is 9.88. The van der Waals surface area contributed by atoms with Gasteiger partial charge in [-0.05, 0) is 73.4 Å². The van der Waals surface area contributed by atoms with E-state index in [1.807, 2.05) is 10.8 Å². The Balaban J connectivity index is 0.000000200. The van der Waals surface area contributed by atoms with Crippen molar-refractivity contribution in [2.45, 2.75) is 67.2 Å². The van der Waals surface area contributed by atoms with Gasteiger partial charge in [0, 0.05) is 22.4 Å². The molecule has 0 atom stereocenters. The third-order valence-corrected chi connectivity index (χ3v) is 8.90. The first kappa shape index (κ1) is 30.3. The number of benzene rings is 3. The maximum absolute atomic E-state index is 6.13. The maximum Gasteiger partial charge on any atom is 0.308 e. The summed E-state index contributed by atoms with van der Waals surface area (Å²) in [5.41, 5.74) is 15.1. The fourth-order valence-corrected chi connectivity index (χ4v) is 6.72. The lowest BCUT2D eigenvalue weighted by Crippen LogP contribution is -2.29. The van der Waals surface area contributed by atoms with Crippen molar-refractivity contribution in [3.63, 3.8) is 0 Å². The molecule has 4 aromatic heterocycles. The molecule has 0 spiro atoms. The second-order valence-corrected chi connectivity index (χ2v) is 13.4. The minimum atomic E-state index is -0.0595. The summed E-state index contributed by atoms with van der Waals surface area (Å²) >= 11 is 0. The lowest BCUT2D eigenvalue weighted by Gasteiger charge is -2.13. The number of hydrogen-bond acceptors (Lipinski definition) is 2. The molecule has 45 heavy (non-hydrogen) atoms. The topological polar surface area (TPSA) is 43.3 Å². The molecule has 7 rings (SSSR count). The number of imidazole rings is 2. The highest BCUT2D eigenvalue weighted by Crippen LogP contribution is 2.34. The van der Waals surface area contributed by atoms with Crippen molar-refractivity contribution in [3.05, 3.63) is 113 Å². The van der Waals surface area contributed by atoms with E-state index < -0.39 is 0 Å². The van der Waals surface area contributed by atoms with E-state index in [9.17, 15) is 0 Å². The normalized spacial score (nSPS) is 11.9. The van der Waals surface area contributed by atoms with E-state index >= 15 is 0 Å². The quantitative estimate of drug-likeness (QED) is 0.193. The molecule has 6 heteroatoms. The van der Waals surface area contributed by atoms with Gasteiger partial charge in [0.15, 0.2) is 6.26 Å². The van der Waals surface area contributed by atoms with Gasteiger partial charge in [0.2, 0.25) is 5.65 Å². The molecule has 0 radical (unpaired) electrons. The third-order valence-electron chi connectivity index (χ3n) is 8.90. The number of nitrogens with zero attached hydrogens (tertiary/aromatic N) is 5. The molecule has 0 bridgehead atoms. The molecule has 0 amide bonds. The molecule has 7 aromatic rings. The Kier molecular flexibility index (Phi) is 7.64. The molecule has 0 aliphatic heterocycles. The molecule has 0 aliphatic carbocycles.